The highest BCUT2D eigenvalue weighted by molar-refractivity contribution is 5.85. The maximum Gasteiger partial charge on any atom is 0.240 e. The van der Waals surface area contributed by atoms with Gasteiger partial charge in [-0.05, 0) is 56.8 Å². The first-order chi connectivity index (χ1) is 17.7. The number of nitrogens with one attached hydrogen (secondary N) is 2. The molecule has 2 aromatic carbocycles. The molecule has 2 aliphatic heterocycles. The van der Waals surface area contributed by atoms with Gasteiger partial charge >= 0.3 is 0 Å². The molecule has 2 aliphatic rings. The fraction of sp³-hybridized carbons (Fsp3) is 0.594. The van der Waals surface area contributed by atoms with Gasteiger partial charge in [-0.3, -0.25) is 9.69 Å². The second kappa shape index (κ2) is 13.5. The summed E-state index contributed by atoms with van der Waals surface area (Å²) < 4.78 is 0. The number of carbonyl (C=O) groups is 1. The van der Waals surface area contributed by atoms with Crippen molar-refractivity contribution in [1.29, 1.82) is 0 Å². The summed E-state index contributed by atoms with van der Waals surface area (Å²) in [5.74, 6) is 2.65. The molecule has 0 unspecified atom stereocenters. The lowest BCUT2D eigenvalue weighted by atomic mass is 9.91. The largest absolute Gasteiger partial charge is 0.334 e. The summed E-state index contributed by atoms with van der Waals surface area (Å²) in [5.41, 5.74) is 2.63. The van der Waals surface area contributed by atoms with Gasteiger partial charge in [-0.25, -0.2) is 0 Å². The topological polar surface area (TPSA) is 47.6 Å². The molecule has 2 N–H and O–H groups in total. The summed E-state index contributed by atoms with van der Waals surface area (Å²) in [6.45, 7) is 16.7. The van der Waals surface area contributed by atoms with Crippen molar-refractivity contribution in [2.45, 2.75) is 65.7 Å². The van der Waals surface area contributed by atoms with Gasteiger partial charge in [0.1, 0.15) is 0 Å². The minimum absolute atomic E-state index is 0.0360. The quantitative estimate of drug-likeness (QED) is 0.505. The molecule has 2 aromatic rings. The lowest BCUT2D eigenvalue weighted by molar-refractivity contribution is -0.131. The van der Waals surface area contributed by atoms with Crippen molar-refractivity contribution in [3.63, 3.8) is 0 Å². The lowest BCUT2D eigenvalue weighted by Gasteiger charge is -2.25. The van der Waals surface area contributed by atoms with E-state index in [2.05, 4.69) is 107 Å². The Hall–Kier alpha value is -2.21. The number of benzene rings is 2. The van der Waals surface area contributed by atoms with Crippen LogP contribution in [-0.4, -0.2) is 61.5 Å². The SMILES string of the molecule is CN[C@@H]1C(=O)N([C@@H](C)c2ccccc2)C[C@@H]1C(C)C.CN[C@@H]1CN([C@@H](C)c2ccccc2)C[C@@H]1C(C)C. The predicted molar refractivity (Wildman–Crippen MR) is 155 cm³/mol. The molecule has 0 aliphatic carbocycles. The van der Waals surface area contributed by atoms with E-state index in [-0.39, 0.29) is 18.0 Å². The van der Waals surface area contributed by atoms with Gasteiger partial charge in [-0.2, -0.15) is 0 Å². The molecule has 0 bridgehead atoms. The van der Waals surface area contributed by atoms with E-state index in [4.69, 9.17) is 0 Å². The fourth-order valence-corrected chi connectivity index (χ4v) is 6.08. The second-order valence-electron chi connectivity index (χ2n) is 11.6. The molecular formula is C32H50N4O. The number of hydrogen-bond donors (Lipinski definition) is 2. The van der Waals surface area contributed by atoms with Crippen LogP contribution < -0.4 is 10.6 Å². The Morgan fingerprint density at radius 2 is 1.19 bits per heavy atom. The number of hydrogen-bond acceptors (Lipinski definition) is 4. The van der Waals surface area contributed by atoms with Crippen molar-refractivity contribution >= 4 is 5.91 Å². The van der Waals surface area contributed by atoms with E-state index in [9.17, 15) is 4.79 Å². The molecule has 0 radical (unpaired) electrons. The van der Waals surface area contributed by atoms with Crippen molar-refractivity contribution in [1.82, 2.24) is 20.4 Å². The van der Waals surface area contributed by atoms with Crippen molar-refractivity contribution in [2.24, 2.45) is 23.7 Å². The van der Waals surface area contributed by atoms with Crippen LogP contribution in [0.3, 0.4) is 0 Å². The number of carbonyl (C=O) groups excluding carboxylic acids is 1. The third kappa shape index (κ3) is 7.01. The molecule has 2 saturated heterocycles. The molecule has 2 heterocycles. The van der Waals surface area contributed by atoms with Crippen LogP contribution in [0.25, 0.3) is 0 Å². The van der Waals surface area contributed by atoms with Gasteiger partial charge in [0.25, 0.3) is 0 Å². The summed E-state index contributed by atoms with van der Waals surface area (Å²) in [4.78, 5) is 17.2. The molecule has 37 heavy (non-hydrogen) atoms. The first kappa shape index (κ1) is 29.3. The van der Waals surface area contributed by atoms with Crippen molar-refractivity contribution in [2.75, 3.05) is 33.7 Å². The van der Waals surface area contributed by atoms with E-state index in [0.717, 1.165) is 24.9 Å². The van der Waals surface area contributed by atoms with Crippen LogP contribution in [0.15, 0.2) is 60.7 Å². The lowest BCUT2D eigenvalue weighted by Crippen LogP contribution is -2.40. The Labute approximate surface area is 226 Å². The molecule has 204 valence electrons. The molecule has 0 spiro atoms. The van der Waals surface area contributed by atoms with Crippen LogP contribution in [0.5, 0.6) is 0 Å². The van der Waals surface area contributed by atoms with Crippen LogP contribution >= 0.6 is 0 Å². The highest BCUT2D eigenvalue weighted by Gasteiger charge is 2.42. The van der Waals surface area contributed by atoms with Crippen LogP contribution in [0.4, 0.5) is 0 Å². The molecule has 5 nitrogen and oxygen atoms in total. The summed E-state index contributed by atoms with van der Waals surface area (Å²) in [6.07, 6.45) is 0. The molecular weight excluding hydrogens is 456 g/mol. The Morgan fingerprint density at radius 1 is 0.676 bits per heavy atom. The molecule has 6 atom stereocenters. The van der Waals surface area contributed by atoms with Gasteiger partial charge in [-0.15, -0.1) is 0 Å². The van der Waals surface area contributed by atoms with E-state index in [1.165, 1.54) is 17.7 Å². The van der Waals surface area contributed by atoms with E-state index >= 15 is 0 Å². The zero-order valence-corrected chi connectivity index (χ0v) is 24.3. The van der Waals surface area contributed by atoms with Gasteiger partial charge in [-0.1, -0.05) is 88.4 Å². The predicted octanol–water partition coefficient (Wildman–Crippen LogP) is 5.37. The van der Waals surface area contributed by atoms with Gasteiger partial charge < -0.3 is 15.5 Å². The zero-order valence-electron chi connectivity index (χ0n) is 24.3. The van der Waals surface area contributed by atoms with Crippen LogP contribution in [0.2, 0.25) is 0 Å². The maximum atomic E-state index is 12.5. The Balaban J connectivity index is 0.000000206. The zero-order chi connectivity index (χ0) is 27.1. The Kier molecular flexibility index (Phi) is 10.7. The average molecular weight is 507 g/mol. The summed E-state index contributed by atoms with van der Waals surface area (Å²) in [6, 6.07) is 22.4. The average Bonchev–Trinajstić information content (AvgIpc) is 3.50. The van der Waals surface area contributed by atoms with Crippen LogP contribution in [0, 0.1) is 23.7 Å². The molecule has 0 saturated carbocycles. The third-order valence-electron chi connectivity index (χ3n) is 8.75. The summed E-state index contributed by atoms with van der Waals surface area (Å²) in [5, 5.41) is 6.68. The van der Waals surface area contributed by atoms with E-state index in [1.54, 1.807) is 0 Å². The van der Waals surface area contributed by atoms with Gasteiger partial charge in [0.05, 0.1) is 12.1 Å². The Bertz CT molecular complexity index is 948. The number of amides is 1. The summed E-state index contributed by atoms with van der Waals surface area (Å²) in [7, 11) is 3.98. The first-order valence-electron chi connectivity index (χ1n) is 14.2. The van der Waals surface area contributed by atoms with Crippen LogP contribution in [0.1, 0.15) is 64.8 Å². The second-order valence-corrected chi connectivity index (χ2v) is 11.6. The first-order valence-corrected chi connectivity index (χ1v) is 14.2. The molecule has 4 rings (SSSR count). The minimum atomic E-state index is -0.0360. The normalized spacial score (nSPS) is 25.9. The fourth-order valence-electron chi connectivity index (χ4n) is 6.08. The van der Waals surface area contributed by atoms with Crippen LogP contribution in [-0.2, 0) is 4.79 Å². The maximum absolute atomic E-state index is 12.5. The standard InChI is InChI=1S/C16H24N2O.C16H26N2/c1-11(2)14-10-18(16(19)15(14)17-4)12(3)13-8-6-5-7-9-13;1-12(2)15-10-18(11-16(15)17-4)13(3)14-8-6-5-7-9-14/h5-9,11-12,14-15,17H,10H2,1-4H3;5-9,12-13,15-17H,10-11H2,1-4H3/t12-,14+,15-;13-,15+,16+/m00/s1. The number of nitrogens with zero attached hydrogens (tertiary/aromatic N) is 2. The Morgan fingerprint density at radius 3 is 1.59 bits per heavy atom. The van der Waals surface area contributed by atoms with Crippen molar-refractivity contribution < 1.29 is 4.79 Å². The highest BCUT2D eigenvalue weighted by Crippen LogP contribution is 2.32. The summed E-state index contributed by atoms with van der Waals surface area (Å²) >= 11 is 0. The van der Waals surface area contributed by atoms with Crippen molar-refractivity contribution in [3.05, 3.63) is 71.8 Å². The minimum Gasteiger partial charge on any atom is -0.334 e. The number of likely N-dealkylation sites (tertiary alicyclic amines) is 2. The monoisotopic (exact) mass is 506 g/mol. The van der Waals surface area contributed by atoms with E-state index < -0.39 is 0 Å². The molecule has 1 amide bonds. The highest BCUT2D eigenvalue weighted by atomic mass is 16.2. The molecule has 0 aromatic heterocycles. The van der Waals surface area contributed by atoms with Crippen molar-refractivity contribution in [3.8, 4) is 0 Å². The molecule has 2 fully saturated rings. The van der Waals surface area contributed by atoms with E-state index in [0.29, 0.717) is 23.9 Å². The number of likely N-dealkylation sites (N-methyl/N-ethyl adjacent to an activating group) is 2. The third-order valence-corrected chi connectivity index (χ3v) is 8.75. The van der Waals surface area contributed by atoms with Gasteiger partial charge in [0.2, 0.25) is 5.91 Å². The number of rotatable bonds is 8. The molecule has 5 heteroatoms. The van der Waals surface area contributed by atoms with Gasteiger partial charge in [0.15, 0.2) is 0 Å². The van der Waals surface area contributed by atoms with Gasteiger partial charge in [0, 0.05) is 37.6 Å². The van der Waals surface area contributed by atoms with E-state index in [1.807, 2.05) is 30.1 Å². The smallest absolute Gasteiger partial charge is 0.240 e.